The van der Waals surface area contributed by atoms with Crippen molar-refractivity contribution in [3.8, 4) is 34.1 Å². The summed E-state index contributed by atoms with van der Waals surface area (Å²) in [5.41, 5.74) is 0.788. The lowest BCUT2D eigenvalue weighted by atomic mass is 10.1. The molecule has 0 radical (unpaired) electrons. The van der Waals surface area contributed by atoms with Gasteiger partial charge in [-0.3, -0.25) is 4.55 Å². The number of hydrogen-bond acceptors (Lipinski definition) is 6. The van der Waals surface area contributed by atoms with Gasteiger partial charge in [-0.2, -0.15) is 21.6 Å². The molecule has 0 saturated carbocycles. The number of methoxy groups -OCH3 is 1. The molecule has 0 aliphatic heterocycles. The molecular weight excluding hydrogens is 439 g/mol. The van der Waals surface area contributed by atoms with Crippen LogP contribution in [0.5, 0.6) is 11.5 Å². The van der Waals surface area contributed by atoms with E-state index in [1.54, 1.807) is 24.3 Å². The van der Waals surface area contributed by atoms with E-state index >= 15 is 0 Å². The number of aromatic nitrogens is 1. The second kappa shape index (κ2) is 8.98. The third kappa shape index (κ3) is 5.98. The molecule has 0 saturated heterocycles. The molecule has 166 valence electrons. The molecule has 0 bridgehead atoms. The third-order valence-corrected chi connectivity index (χ3v) is 4.97. The Morgan fingerprint density at radius 1 is 1.00 bits per heavy atom. The monoisotopic (exact) mass is 457 g/mol. The van der Waals surface area contributed by atoms with E-state index in [-0.39, 0.29) is 24.5 Å². The van der Waals surface area contributed by atoms with Gasteiger partial charge in [0.05, 0.1) is 19.5 Å². The molecule has 0 fully saturated rings. The van der Waals surface area contributed by atoms with Gasteiger partial charge in [-0.15, -0.1) is 0 Å². The van der Waals surface area contributed by atoms with Crippen LogP contribution in [0.2, 0.25) is 0 Å². The van der Waals surface area contributed by atoms with Crippen LogP contribution in [0.4, 0.5) is 13.2 Å². The molecule has 7 nitrogen and oxygen atoms in total. The molecule has 3 rings (SSSR count). The van der Waals surface area contributed by atoms with Crippen molar-refractivity contribution in [2.24, 2.45) is 0 Å². The number of benzene rings is 2. The zero-order valence-electron chi connectivity index (χ0n) is 16.2. The minimum absolute atomic E-state index is 0.0248. The molecule has 0 amide bonds. The summed E-state index contributed by atoms with van der Waals surface area (Å²) in [5.74, 6) is -0.940. The van der Waals surface area contributed by atoms with Gasteiger partial charge in [0.1, 0.15) is 17.2 Å². The molecule has 1 heterocycles. The smallest absolute Gasteiger partial charge is 0.468 e. The summed E-state index contributed by atoms with van der Waals surface area (Å²) in [6.07, 6.45) is -4.67. The predicted molar refractivity (Wildman–Crippen MR) is 105 cm³/mol. The van der Waals surface area contributed by atoms with Gasteiger partial charge in [0, 0.05) is 11.1 Å². The van der Waals surface area contributed by atoms with Gasteiger partial charge in [0.25, 0.3) is 10.1 Å². The number of oxazole rings is 1. The molecule has 1 N–H and O–H groups in total. The highest BCUT2D eigenvalue weighted by molar-refractivity contribution is 7.85. The van der Waals surface area contributed by atoms with Crippen LogP contribution in [0, 0.1) is 0 Å². The number of alkyl halides is 3. The average Bonchev–Trinajstić information content (AvgIpc) is 3.17. The van der Waals surface area contributed by atoms with Crippen LogP contribution >= 0.6 is 0 Å². The van der Waals surface area contributed by atoms with E-state index in [1.165, 1.54) is 31.4 Å². The van der Waals surface area contributed by atoms with Crippen LogP contribution in [0.1, 0.15) is 12.3 Å². The average molecular weight is 457 g/mol. The van der Waals surface area contributed by atoms with Gasteiger partial charge < -0.3 is 13.9 Å². The molecule has 3 aromatic rings. The van der Waals surface area contributed by atoms with Gasteiger partial charge in [0.15, 0.2) is 5.76 Å². The summed E-state index contributed by atoms with van der Waals surface area (Å²) in [6, 6.07) is 12.4. The maximum Gasteiger partial charge on any atom is 0.468 e. The fraction of sp³-hybridized carbons (Fsp3) is 0.250. The number of halogens is 3. The molecule has 1 aromatic heterocycles. The maximum absolute atomic E-state index is 13.2. The summed E-state index contributed by atoms with van der Waals surface area (Å²) >= 11 is 0. The molecule has 11 heteroatoms. The minimum Gasteiger partial charge on any atom is -0.497 e. The van der Waals surface area contributed by atoms with E-state index in [2.05, 4.69) is 4.98 Å². The van der Waals surface area contributed by atoms with Crippen LogP contribution in [0.25, 0.3) is 22.6 Å². The molecule has 0 aliphatic carbocycles. The first-order valence-electron chi connectivity index (χ1n) is 8.97. The van der Waals surface area contributed by atoms with E-state index < -0.39 is 27.9 Å². The van der Waals surface area contributed by atoms with Crippen molar-refractivity contribution in [1.29, 1.82) is 0 Å². The second-order valence-electron chi connectivity index (χ2n) is 6.44. The van der Waals surface area contributed by atoms with Crippen molar-refractivity contribution < 1.29 is 40.0 Å². The van der Waals surface area contributed by atoms with Gasteiger partial charge >= 0.3 is 12.1 Å². The molecule has 0 unspecified atom stereocenters. The van der Waals surface area contributed by atoms with Gasteiger partial charge in [0.2, 0.25) is 0 Å². The minimum atomic E-state index is -4.75. The normalized spacial score (nSPS) is 12.0. The van der Waals surface area contributed by atoms with E-state index in [0.29, 0.717) is 22.6 Å². The number of hydrogen-bond donors (Lipinski definition) is 1. The van der Waals surface area contributed by atoms with Crippen molar-refractivity contribution in [2.75, 3.05) is 19.5 Å². The summed E-state index contributed by atoms with van der Waals surface area (Å²) in [6.45, 7) is 0.0385. The van der Waals surface area contributed by atoms with Crippen molar-refractivity contribution in [1.82, 2.24) is 4.98 Å². The van der Waals surface area contributed by atoms with Crippen molar-refractivity contribution in [3.05, 3.63) is 54.4 Å². The lowest BCUT2D eigenvalue weighted by Crippen LogP contribution is -2.08. The Hall–Kier alpha value is -3.05. The van der Waals surface area contributed by atoms with E-state index in [1.807, 2.05) is 0 Å². The second-order valence-corrected chi connectivity index (χ2v) is 8.01. The Kier molecular flexibility index (Phi) is 6.56. The van der Waals surface area contributed by atoms with Crippen molar-refractivity contribution in [2.45, 2.75) is 12.6 Å². The van der Waals surface area contributed by atoms with E-state index in [0.717, 1.165) is 0 Å². The zero-order valence-corrected chi connectivity index (χ0v) is 17.0. The summed E-state index contributed by atoms with van der Waals surface area (Å²) in [4.78, 5) is 3.65. The highest BCUT2D eigenvalue weighted by Gasteiger charge is 2.39. The van der Waals surface area contributed by atoms with Gasteiger partial charge in [-0.25, -0.2) is 4.98 Å². The summed E-state index contributed by atoms with van der Waals surface area (Å²) < 4.78 is 85.2. The number of nitrogens with zero attached hydrogens (tertiary/aromatic N) is 1. The van der Waals surface area contributed by atoms with Gasteiger partial charge in [-0.05, 0) is 55.0 Å². The Balaban J connectivity index is 1.86. The first kappa shape index (κ1) is 22.6. The van der Waals surface area contributed by atoms with Crippen molar-refractivity contribution >= 4 is 10.1 Å². The highest BCUT2D eigenvalue weighted by Crippen LogP contribution is 2.39. The number of ether oxygens (including phenoxy) is 2. The molecule has 2 aromatic carbocycles. The lowest BCUT2D eigenvalue weighted by molar-refractivity contribution is -0.156. The Morgan fingerprint density at radius 3 is 2.13 bits per heavy atom. The largest absolute Gasteiger partial charge is 0.497 e. The molecule has 31 heavy (non-hydrogen) atoms. The topological polar surface area (TPSA) is 98.9 Å². The Morgan fingerprint density at radius 2 is 1.58 bits per heavy atom. The molecule has 0 spiro atoms. The standard InChI is InChI=1S/C20H18F3NO6S/c1-28-15-7-3-13(4-8-15)17-18(30-19(24-17)20(21,22)23)14-5-9-16(10-6-14)29-11-2-12-31(25,26)27/h3-10H,2,11-12H2,1H3,(H,25,26,27). The predicted octanol–water partition coefficient (Wildman–Crippen LogP) is 4.69. The lowest BCUT2D eigenvalue weighted by Gasteiger charge is -2.07. The van der Waals surface area contributed by atoms with Crippen LogP contribution in [-0.4, -0.2) is 37.4 Å². The first-order valence-corrected chi connectivity index (χ1v) is 10.6. The first-order chi connectivity index (χ1) is 14.6. The molecule has 0 aliphatic rings. The summed E-state index contributed by atoms with van der Waals surface area (Å²) in [7, 11) is -2.59. The highest BCUT2D eigenvalue weighted by atomic mass is 32.2. The quantitative estimate of drug-likeness (QED) is 0.387. The van der Waals surface area contributed by atoms with E-state index in [4.69, 9.17) is 18.4 Å². The fourth-order valence-corrected chi connectivity index (χ4v) is 3.20. The Labute approximate surface area is 176 Å². The fourth-order valence-electron chi connectivity index (χ4n) is 2.72. The number of rotatable bonds is 8. The summed E-state index contributed by atoms with van der Waals surface area (Å²) in [5, 5.41) is 0. The molecular formula is C20H18F3NO6S. The Bertz CT molecular complexity index is 1120. The van der Waals surface area contributed by atoms with Crippen molar-refractivity contribution in [3.63, 3.8) is 0 Å². The van der Waals surface area contributed by atoms with Crippen LogP contribution in [0.3, 0.4) is 0 Å². The van der Waals surface area contributed by atoms with E-state index in [9.17, 15) is 21.6 Å². The van der Waals surface area contributed by atoms with Crippen LogP contribution in [0.15, 0.2) is 52.9 Å². The maximum atomic E-state index is 13.2. The van der Waals surface area contributed by atoms with Gasteiger partial charge in [-0.1, -0.05) is 0 Å². The van der Waals surface area contributed by atoms with Crippen LogP contribution < -0.4 is 9.47 Å². The third-order valence-electron chi connectivity index (χ3n) is 4.16. The molecule has 0 atom stereocenters. The SMILES string of the molecule is COc1ccc(-c2nc(C(F)(F)F)oc2-c2ccc(OCCCS(=O)(=O)O)cc2)cc1. The van der Waals surface area contributed by atoms with Crippen LogP contribution in [-0.2, 0) is 16.3 Å². The zero-order chi connectivity index (χ0) is 22.6.